The number of hydrogen-bond acceptors (Lipinski definition) is 5. The molecule has 0 saturated carbocycles. The van der Waals surface area contributed by atoms with E-state index in [1.807, 2.05) is 0 Å². The third-order valence-corrected chi connectivity index (χ3v) is 5.30. The summed E-state index contributed by atoms with van der Waals surface area (Å²) in [5.74, 6) is -0.886. The predicted octanol–water partition coefficient (Wildman–Crippen LogP) is -1.32. The van der Waals surface area contributed by atoms with Crippen molar-refractivity contribution in [1.82, 2.24) is 19.8 Å². The normalized spacial score (nSPS) is 17.4. The SMILES string of the molecule is CCN(CC)S(=O)(=O)CC(=O)NCCN1CCNCC1. The van der Waals surface area contributed by atoms with Crippen LogP contribution in [0.1, 0.15) is 13.8 Å². The van der Waals surface area contributed by atoms with E-state index in [1.54, 1.807) is 13.8 Å². The molecule has 1 aliphatic rings. The smallest absolute Gasteiger partial charge is 0.236 e. The van der Waals surface area contributed by atoms with Crippen molar-refractivity contribution < 1.29 is 13.2 Å². The highest BCUT2D eigenvalue weighted by Crippen LogP contribution is 2.00. The van der Waals surface area contributed by atoms with Crippen molar-refractivity contribution in [3.63, 3.8) is 0 Å². The molecule has 1 amide bonds. The quantitative estimate of drug-likeness (QED) is 0.581. The Bertz CT molecular complexity index is 390. The number of hydrogen-bond donors (Lipinski definition) is 2. The summed E-state index contributed by atoms with van der Waals surface area (Å²) in [6, 6.07) is 0. The largest absolute Gasteiger partial charge is 0.354 e. The zero-order valence-electron chi connectivity index (χ0n) is 12.4. The van der Waals surface area contributed by atoms with Gasteiger partial charge in [-0.1, -0.05) is 13.8 Å². The maximum atomic E-state index is 11.9. The Labute approximate surface area is 121 Å². The van der Waals surface area contributed by atoms with E-state index in [1.165, 1.54) is 4.31 Å². The molecule has 1 aliphatic heterocycles. The lowest BCUT2D eigenvalue weighted by Crippen LogP contribution is -2.47. The summed E-state index contributed by atoms with van der Waals surface area (Å²) in [5, 5.41) is 5.94. The van der Waals surface area contributed by atoms with E-state index in [2.05, 4.69) is 15.5 Å². The summed E-state index contributed by atoms with van der Waals surface area (Å²) in [7, 11) is -3.48. The van der Waals surface area contributed by atoms with Gasteiger partial charge in [0, 0.05) is 52.4 Å². The van der Waals surface area contributed by atoms with Gasteiger partial charge in [-0.2, -0.15) is 0 Å². The van der Waals surface area contributed by atoms with Gasteiger partial charge in [-0.15, -0.1) is 0 Å². The summed E-state index contributed by atoms with van der Waals surface area (Å²) >= 11 is 0. The molecule has 0 aliphatic carbocycles. The van der Waals surface area contributed by atoms with Gasteiger partial charge in [0.25, 0.3) is 0 Å². The molecule has 0 aromatic heterocycles. The number of amides is 1. The Balaban J connectivity index is 2.28. The molecule has 1 saturated heterocycles. The monoisotopic (exact) mass is 306 g/mol. The minimum atomic E-state index is -3.48. The Morgan fingerprint density at radius 2 is 1.85 bits per heavy atom. The molecule has 0 spiro atoms. The molecule has 8 heteroatoms. The van der Waals surface area contributed by atoms with Gasteiger partial charge >= 0.3 is 0 Å². The van der Waals surface area contributed by atoms with E-state index in [0.29, 0.717) is 19.6 Å². The number of carbonyl (C=O) groups is 1. The average molecular weight is 306 g/mol. The number of rotatable bonds is 8. The van der Waals surface area contributed by atoms with Crippen molar-refractivity contribution in [1.29, 1.82) is 0 Å². The molecule has 1 heterocycles. The van der Waals surface area contributed by atoms with Gasteiger partial charge in [-0.25, -0.2) is 12.7 Å². The molecular formula is C12H26N4O3S. The molecule has 7 nitrogen and oxygen atoms in total. The van der Waals surface area contributed by atoms with E-state index in [4.69, 9.17) is 0 Å². The average Bonchev–Trinajstić information content (AvgIpc) is 2.40. The molecule has 1 rings (SSSR count). The fourth-order valence-corrected chi connectivity index (χ4v) is 3.62. The zero-order chi connectivity index (χ0) is 15.0. The molecule has 0 aromatic rings. The lowest BCUT2D eigenvalue weighted by atomic mass is 10.3. The maximum Gasteiger partial charge on any atom is 0.236 e. The maximum absolute atomic E-state index is 11.9. The topological polar surface area (TPSA) is 81.8 Å². The van der Waals surface area contributed by atoms with Crippen LogP contribution in [0.15, 0.2) is 0 Å². The summed E-state index contributed by atoms with van der Waals surface area (Å²) in [6.45, 7) is 9.44. The first-order chi connectivity index (χ1) is 9.49. The third-order valence-electron chi connectivity index (χ3n) is 3.37. The number of nitrogens with zero attached hydrogens (tertiary/aromatic N) is 2. The lowest BCUT2D eigenvalue weighted by molar-refractivity contribution is -0.118. The van der Waals surface area contributed by atoms with Crippen LogP contribution in [0.25, 0.3) is 0 Å². The first kappa shape index (κ1) is 17.4. The second kappa shape index (κ2) is 8.56. The van der Waals surface area contributed by atoms with E-state index in [-0.39, 0.29) is 0 Å². The Morgan fingerprint density at radius 1 is 1.25 bits per heavy atom. The molecule has 0 bridgehead atoms. The van der Waals surface area contributed by atoms with Crippen LogP contribution in [-0.4, -0.2) is 81.6 Å². The van der Waals surface area contributed by atoms with Crippen molar-refractivity contribution in [3.8, 4) is 0 Å². The molecule has 0 unspecified atom stereocenters. The van der Waals surface area contributed by atoms with Gasteiger partial charge < -0.3 is 10.6 Å². The first-order valence-corrected chi connectivity index (χ1v) is 8.78. The second-order valence-corrected chi connectivity index (χ2v) is 6.75. The molecule has 118 valence electrons. The van der Waals surface area contributed by atoms with E-state index < -0.39 is 21.7 Å². The fraction of sp³-hybridized carbons (Fsp3) is 0.917. The molecule has 1 fully saturated rings. The minimum absolute atomic E-state index is 0.396. The second-order valence-electron chi connectivity index (χ2n) is 4.78. The lowest BCUT2D eigenvalue weighted by Gasteiger charge is -2.27. The molecule has 0 radical (unpaired) electrons. The predicted molar refractivity (Wildman–Crippen MR) is 79.0 cm³/mol. The number of nitrogens with one attached hydrogen (secondary N) is 2. The van der Waals surface area contributed by atoms with Crippen molar-refractivity contribution >= 4 is 15.9 Å². The standard InChI is InChI=1S/C12H26N4O3S/c1-3-16(4-2)20(18,19)11-12(17)14-7-10-15-8-5-13-6-9-15/h13H,3-11H2,1-2H3,(H,14,17). The van der Waals surface area contributed by atoms with Crippen LogP contribution in [-0.2, 0) is 14.8 Å². The highest BCUT2D eigenvalue weighted by atomic mass is 32.2. The van der Waals surface area contributed by atoms with E-state index in [9.17, 15) is 13.2 Å². The minimum Gasteiger partial charge on any atom is -0.354 e. The van der Waals surface area contributed by atoms with Crippen LogP contribution in [0.4, 0.5) is 0 Å². The fourth-order valence-electron chi connectivity index (χ4n) is 2.21. The molecule has 0 atom stereocenters. The van der Waals surface area contributed by atoms with Crippen molar-refractivity contribution in [2.45, 2.75) is 13.8 Å². The molecular weight excluding hydrogens is 280 g/mol. The van der Waals surface area contributed by atoms with Crippen LogP contribution >= 0.6 is 0 Å². The van der Waals surface area contributed by atoms with E-state index >= 15 is 0 Å². The van der Waals surface area contributed by atoms with E-state index in [0.717, 1.165) is 32.7 Å². The summed E-state index contributed by atoms with van der Waals surface area (Å²) in [6.07, 6.45) is 0. The number of carbonyl (C=O) groups excluding carboxylic acids is 1. The first-order valence-electron chi connectivity index (χ1n) is 7.17. The highest BCUT2D eigenvalue weighted by molar-refractivity contribution is 7.89. The highest BCUT2D eigenvalue weighted by Gasteiger charge is 2.22. The van der Waals surface area contributed by atoms with Crippen LogP contribution in [0.2, 0.25) is 0 Å². The Hall–Kier alpha value is -0.700. The Morgan fingerprint density at radius 3 is 2.40 bits per heavy atom. The number of piperazine rings is 1. The van der Waals surface area contributed by atoms with Crippen LogP contribution in [0.5, 0.6) is 0 Å². The molecule has 20 heavy (non-hydrogen) atoms. The van der Waals surface area contributed by atoms with Gasteiger partial charge in [0.2, 0.25) is 15.9 Å². The van der Waals surface area contributed by atoms with Gasteiger partial charge in [-0.05, 0) is 0 Å². The number of sulfonamides is 1. The Kier molecular flexibility index (Phi) is 7.42. The van der Waals surface area contributed by atoms with Crippen LogP contribution in [0.3, 0.4) is 0 Å². The van der Waals surface area contributed by atoms with Crippen LogP contribution in [0, 0.1) is 0 Å². The van der Waals surface area contributed by atoms with Gasteiger partial charge in [0.05, 0.1) is 0 Å². The zero-order valence-corrected chi connectivity index (χ0v) is 13.2. The summed E-state index contributed by atoms with van der Waals surface area (Å²) < 4.78 is 25.1. The van der Waals surface area contributed by atoms with Crippen LogP contribution < -0.4 is 10.6 Å². The van der Waals surface area contributed by atoms with Crippen molar-refractivity contribution in [2.75, 3.05) is 58.1 Å². The van der Waals surface area contributed by atoms with Gasteiger partial charge in [-0.3, -0.25) is 9.69 Å². The third kappa shape index (κ3) is 5.74. The van der Waals surface area contributed by atoms with Gasteiger partial charge in [0.15, 0.2) is 0 Å². The molecule has 0 aromatic carbocycles. The van der Waals surface area contributed by atoms with Crippen molar-refractivity contribution in [3.05, 3.63) is 0 Å². The molecule has 2 N–H and O–H groups in total. The summed E-state index contributed by atoms with van der Waals surface area (Å²) in [5.41, 5.74) is 0. The summed E-state index contributed by atoms with van der Waals surface area (Å²) in [4.78, 5) is 13.9. The van der Waals surface area contributed by atoms with Crippen molar-refractivity contribution in [2.24, 2.45) is 0 Å². The van der Waals surface area contributed by atoms with Gasteiger partial charge in [0.1, 0.15) is 5.75 Å².